The van der Waals surface area contributed by atoms with Crippen molar-refractivity contribution in [1.82, 2.24) is 10.6 Å². The zero-order valence-electron chi connectivity index (χ0n) is 15.0. The van der Waals surface area contributed by atoms with Crippen LogP contribution in [0.4, 0.5) is 0 Å². The smallest absolute Gasteiger partial charge is 0.00411 e. The highest BCUT2D eigenvalue weighted by Crippen LogP contribution is 2.06. The predicted octanol–water partition coefficient (Wildman–Crippen LogP) is 4.60. The lowest BCUT2D eigenvalue weighted by Crippen LogP contribution is -2.28. The first kappa shape index (κ1) is 19.9. The summed E-state index contributed by atoms with van der Waals surface area (Å²) in [7, 11) is 0. The molecule has 0 aromatic rings. The van der Waals surface area contributed by atoms with Crippen LogP contribution in [0, 0.1) is 11.8 Å². The lowest BCUT2D eigenvalue weighted by molar-refractivity contribution is 0.424. The Bertz CT molecular complexity index is 180. The van der Waals surface area contributed by atoms with Gasteiger partial charge in [0.1, 0.15) is 0 Å². The van der Waals surface area contributed by atoms with Gasteiger partial charge in [-0.2, -0.15) is 0 Å². The Balaban J connectivity index is 3.24. The van der Waals surface area contributed by atoms with Crippen molar-refractivity contribution in [1.29, 1.82) is 0 Å². The Morgan fingerprint density at radius 2 is 0.900 bits per heavy atom. The van der Waals surface area contributed by atoms with E-state index in [1.54, 1.807) is 0 Å². The van der Waals surface area contributed by atoms with Gasteiger partial charge >= 0.3 is 0 Å². The van der Waals surface area contributed by atoms with E-state index in [4.69, 9.17) is 0 Å². The van der Waals surface area contributed by atoms with Gasteiger partial charge in [0.05, 0.1) is 0 Å². The molecule has 20 heavy (non-hydrogen) atoms. The van der Waals surface area contributed by atoms with E-state index in [0.717, 1.165) is 11.8 Å². The highest BCUT2D eigenvalue weighted by molar-refractivity contribution is 4.64. The number of hydrogen-bond donors (Lipinski definition) is 2. The second kappa shape index (κ2) is 12.6. The van der Waals surface area contributed by atoms with Crippen molar-refractivity contribution in [3.05, 3.63) is 0 Å². The van der Waals surface area contributed by atoms with E-state index >= 15 is 0 Å². The number of unbranched alkanes of at least 4 members (excludes halogenated alkanes) is 3. The van der Waals surface area contributed by atoms with E-state index in [-0.39, 0.29) is 0 Å². The maximum absolute atomic E-state index is 3.63. The van der Waals surface area contributed by atoms with Crippen LogP contribution in [0.3, 0.4) is 0 Å². The summed E-state index contributed by atoms with van der Waals surface area (Å²) in [5.41, 5.74) is 0. The second-order valence-electron chi connectivity index (χ2n) is 7.38. The number of hydrogen-bond acceptors (Lipinski definition) is 2. The molecule has 2 nitrogen and oxygen atoms in total. The van der Waals surface area contributed by atoms with Crippen LogP contribution in [0.15, 0.2) is 0 Å². The third-order valence-corrected chi connectivity index (χ3v) is 3.74. The molecule has 0 aromatic heterocycles. The van der Waals surface area contributed by atoms with E-state index in [9.17, 15) is 0 Å². The van der Waals surface area contributed by atoms with Gasteiger partial charge in [-0.15, -0.1) is 0 Å². The van der Waals surface area contributed by atoms with Crippen LogP contribution >= 0.6 is 0 Å². The molecule has 0 aromatic carbocycles. The number of nitrogens with one attached hydrogen (secondary N) is 2. The average Bonchev–Trinajstić information content (AvgIpc) is 2.30. The minimum atomic E-state index is 0.675. The predicted molar refractivity (Wildman–Crippen MR) is 92.3 cm³/mol. The first-order valence-corrected chi connectivity index (χ1v) is 8.88. The summed E-state index contributed by atoms with van der Waals surface area (Å²) in [6.07, 6.45) is 7.95. The van der Waals surface area contributed by atoms with Crippen molar-refractivity contribution < 1.29 is 0 Å². The maximum Gasteiger partial charge on any atom is 0.00411 e. The molecule has 0 fully saturated rings. The Morgan fingerprint density at radius 1 is 0.550 bits per heavy atom. The normalized spacial score (nSPS) is 15.0. The van der Waals surface area contributed by atoms with E-state index in [2.05, 4.69) is 52.2 Å². The molecular weight excluding hydrogens is 244 g/mol. The third kappa shape index (κ3) is 14.3. The van der Waals surface area contributed by atoms with Crippen molar-refractivity contribution in [2.24, 2.45) is 11.8 Å². The van der Waals surface area contributed by atoms with Gasteiger partial charge < -0.3 is 10.6 Å². The van der Waals surface area contributed by atoms with Crippen molar-refractivity contribution in [2.75, 3.05) is 13.1 Å². The van der Waals surface area contributed by atoms with Crippen LogP contribution in [-0.4, -0.2) is 25.2 Å². The van der Waals surface area contributed by atoms with Gasteiger partial charge in [-0.3, -0.25) is 0 Å². The van der Waals surface area contributed by atoms with Gasteiger partial charge in [-0.1, -0.05) is 40.5 Å². The molecular formula is C18H40N2. The van der Waals surface area contributed by atoms with Crippen molar-refractivity contribution in [3.63, 3.8) is 0 Å². The maximum atomic E-state index is 3.63. The highest BCUT2D eigenvalue weighted by atomic mass is 14.9. The lowest BCUT2D eigenvalue weighted by Gasteiger charge is -2.16. The Kier molecular flexibility index (Phi) is 12.6. The molecule has 2 N–H and O–H groups in total. The SMILES string of the molecule is CC(C)CC(C)NCCCCCCNC(C)CC(C)C. The third-order valence-electron chi connectivity index (χ3n) is 3.74. The molecule has 0 spiro atoms. The summed E-state index contributed by atoms with van der Waals surface area (Å²) in [6.45, 7) is 16.2. The molecule has 0 heterocycles. The monoisotopic (exact) mass is 284 g/mol. The lowest BCUT2D eigenvalue weighted by atomic mass is 10.0. The first-order valence-electron chi connectivity index (χ1n) is 8.88. The number of rotatable bonds is 13. The van der Waals surface area contributed by atoms with E-state index in [1.165, 1.54) is 51.6 Å². The van der Waals surface area contributed by atoms with Gasteiger partial charge in [0.2, 0.25) is 0 Å². The molecule has 122 valence electrons. The minimum absolute atomic E-state index is 0.675. The quantitative estimate of drug-likeness (QED) is 0.483. The molecule has 0 rings (SSSR count). The van der Waals surface area contributed by atoms with Crippen molar-refractivity contribution in [2.45, 2.75) is 92.2 Å². The molecule has 0 aliphatic heterocycles. The molecule has 0 radical (unpaired) electrons. The molecule has 0 saturated heterocycles. The minimum Gasteiger partial charge on any atom is -0.314 e. The zero-order chi connectivity index (χ0) is 15.4. The fraction of sp³-hybridized carbons (Fsp3) is 1.00. The molecule has 2 heteroatoms. The standard InChI is InChI=1S/C18H40N2/c1-15(2)13-17(5)19-11-9-7-8-10-12-20-18(6)14-16(3)4/h15-20H,7-14H2,1-6H3. The summed E-state index contributed by atoms with van der Waals surface area (Å²) >= 11 is 0. The van der Waals surface area contributed by atoms with Crippen LogP contribution in [0.1, 0.15) is 80.1 Å². The summed E-state index contributed by atoms with van der Waals surface area (Å²) < 4.78 is 0. The average molecular weight is 285 g/mol. The summed E-state index contributed by atoms with van der Waals surface area (Å²) in [5.74, 6) is 1.60. The second-order valence-corrected chi connectivity index (χ2v) is 7.38. The first-order chi connectivity index (χ1) is 9.41. The van der Waals surface area contributed by atoms with Crippen LogP contribution in [0.5, 0.6) is 0 Å². The van der Waals surface area contributed by atoms with Gasteiger partial charge in [0, 0.05) is 12.1 Å². The molecule has 2 atom stereocenters. The van der Waals surface area contributed by atoms with Crippen LogP contribution in [0.2, 0.25) is 0 Å². The Morgan fingerprint density at radius 3 is 1.20 bits per heavy atom. The van der Waals surface area contributed by atoms with Crippen LogP contribution in [-0.2, 0) is 0 Å². The van der Waals surface area contributed by atoms with Gasteiger partial charge in [-0.05, 0) is 64.5 Å². The molecule has 0 saturated carbocycles. The summed E-state index contributed by atoms with van der Waals surface area (Å²) in [5, 5.41) is 7.26. The molecule has 0 bridgehead atoms. The van der Waals surface area contributed by atoms with E-state index in [0.29, 0.717) is 12.1 Å². The Labute approximate surface area is 128 Å². The molecule has 0 aliphatic carbocycles. The zero-order valence-corrected chi connectivity index (χ0v) is 15.0. The molecule has 0 aliphatic rings. The van der Waals surface area contributed by atoms with E-state index < -0.39 is 0 Å². The van der Waals surface area contributed by atoms with Crippen LogP contribution < -0.4 is 10.6 Å². The van der Waals surface area contributed by atoms with Gasteiger partial charge in [-0.25, -0.2) is 0 Å². The highest BCUT2D eigenvalue weighted by Gasteiger charge is 2.04. The molecule has 0 amide bonds. The van der Waals surface area contributed by atoms with Gasteiger partial charge in [0.15, 0.2) is 0 Å². The largest absolute Gasteiger partial charge is 0.314 e. The fourth-order valence-electron chi connectivity index (χ4n) is 2.88. The Hall–Kier alpha value is -0.0800. The van der Waals surface area contributed by atoms with Crippen LogP contribution in [0.25, 0.3) is 0 Å². The molecule has 2 unspecified atom stereocenters. The fourth-order valence-corrected chi connectivity index (χ4v) is 2.88. The van der Waals surface area contributed by atoms with Crippen molar-refractivity contribution >= 4 is 0 Å². The summed E-state index contributed by atoms with van der Waals surface area (Å²) in [4.78, 5) is 0. The van der Waals surface area contributed by atoms with Gasteiger partial charge in [0.25, 0.3) is 0 Å². The van der Waals surface area contributed by atoms with E-state index in [1.807, 2.05) is 0 Å². The topological polar surface area (TPSA) is 24.1 Å². The summed E-state index contributed by atoms with van der Waals surface area (Å²) in [6, 6.07) is 1.35. The van der Waals surface area contributed by atoms with Crippen molar-refractivity contribution in [3.8, 4) is 0 Å².